The maximum atomic E-state index is 11.5. The zero-order valence-electron chi connectivity index (χ0n) is 21.3. The Kier molecular flexibility index (Phi) is 10.9. The number of carboxylic acids is 1. The SMILES string of the molecule is CNc1scc(C2CCc3ccccc3C2)c1C(=O)O.CSCCC(C)CNc1ccc(C=O)cc1. The molecule has 1 aromatic heterocycles. The molecule has 0 aliphatic heterocycles. The lowest BCUT2D eigenvalue weighted by Crippen LogP contribution is -2.15. The van der Waals surface area contributed by atoms with Gasteiger partial charge in [0, 0.05) is 24.8 Å². The third-order valence-electron chi connectivity index (χ3n) is 6.56. The Morgan fingerprint density at radius 1 is 1.19 bits per heavy atom. The molecule has 0 saturated carbocycles. The summed E-state index contributed by atoms with van der Waals surface area (Å²) in [6, 6.07) is 16.0. The molecule has 1 aliphatic rings. The second-order valence-corrected chi connectivity index (χ2v) is 11.0. The standard InChI is InChI=1S/C16H17NO2S.C13H19NOS/c1-17-15-14(16(18)19)13(9-20-15)12-7-6-10-4-2-3-5-11(10)8-12;1-11(7-8-16-2)9-14-13-5-3-12(10-15)4-6-13/h2-5,9,12,17H,6-8H2,1H3,(H,18,19);3-6,10-11,14H,7-9H2,1-2H3. The average Bonchev–Trinajstić information content (AvgIpc) is 3.36. The maximum absolute atomic E-state index is 11.5. The summed E-state index contributed by atoms with van der Waals surface area (Å²) in [6.45, 7) is 3.24. The second-order valence-electron chi connectivity index (χ2n) is 9.17. The van der Waals surface area contributed by atoms with Crippen molar-refractivity contribution in [2.24, 2.45) is 5.92 Å². The smallest absolute Gasteiger partial charge is 0.338 e. The van der Waals surface area contributed by atoms with E-state index in [2.05, 4.69) is 48.1 Å². The Hall–Kier alpha value is -2.77. The first-order valence-electron chi connectivity index (χ1n) is 12.3. The molecule has 2 atom stereocenters. The fraction of sp³-hybridized carbons (Fsp3) is 0.379. The molecule has 5 nitrogen and oxygen atoms in total. The first kappa shape index (κ1) is 27.8. The van der Waals surface area contributed by atoms with Crippen LogP contribution in [0.15, 0.2) is 53.9 Å². The van der Waals surface area contributed by atoms with Crippen LogP contribution in [0.5, 0.6) is 0 Å². The third-order valence-corrected chi connectivity index (χ3v) is 8.22. The number of benzene rings is 2. The Bertz CT molecular complexity index is 1130. The van der Waals surface area contributed by atoms with E-state index < -0.39 is 5.97 Å². The number of aromatic carboxylic acids is 1. The lowest BCUT2D eigenvalue weighted by atomic mass is 9.80. The van der Waals surface area contributed by atoms with Gasteiger partial charge in [0.15, 0.2) is 0 Å². The van der Waals surface area contributed by atoms with Gasteiger partial charge >= 0.3 is 5.97 Å². The first-order valence-corrected chi connectivity index (χ1v) is 14.6. The first-order chi connectivity index (χ1) is 17.5. The molecule has 1 aliphatic carbocycles. The Morgan fingerprint density at radius 3 is 2.56 bits per heavy atom. The van der Waals surface area contributed by atoms with Crippen molar-refractivity contribution in [3.8, 4) is 0 Å². The molecule has 2 unspecified atom stereocenters. The van der Waals surface area contributed by atoms with Gasteiger partial charge in [-0.05, 0) is 95.9 Å². The van der Waals surface area contributed by atoms with Crippen molar-refractivity contribution in [2.75, 3.05) is 36.2 Å². The molecule has 3 N–H and O–H groups in total. The van der Waals surface area contributed by atoms with Crippen molar-refractivity contribution in [3.05, 3.63) is 81.7 Å². The van der Waals surface area contributed by atoms with Gasteiger partial charge in [0.2, 0.25) is 0 Å². The molecule has 0 bridgehead atoms. The van der Waals surface area contributed by atoms with Crippen LogP contribution in [0.1, 0.15) is 63.1 Å². The summed E-state index contributed by atoms with van der Waals surface area (Å²) >= 11 is 3.38. The largest absolute Gasteiger partial charge is 0.478 e. The molecular weight excluding hydrogens is 488 g/mol. The van der Waals surface area contributed by atoms with E-state index in [1.807, 2.05) is 41.4 Å². The minimum Gasteiger partial charge on any atom is -0.478 e. The van der Waals surface area contributed by atoms with Gasteiger partial charge in [0.1, 0.15) is 11.3 Å². The minimum atomic E-state index is -0.829. The van der Waals surface area contributed by atoms with Crippen LogP contribution in [0.25, 0.3) is 0 Å². The fourth-order valence-corrected chi connectivity index (χ4v) is 6.07. The highest BCUT2D eigenvalue weighted by molar-refractivity contribution is 7.98. The number of aldehydes is 1. The van der Waals surface area contributed by atoms with Crippen LogP contribution >= 0.6 is 23.1 Å². The van der Waals surface area contributed by atoms with E-state index in [0.717, 1.165) is 53.9 Å². The lowest BCUT2D eigenvalue weighted by molar-refractivity contribution is 0.0696. The molecule has 0 amide bonds. The predicted octanol–water partition coefficient (Wildman–Crippen LogP) is 7.06. The molecule has 0 saturated heterocycles. The number of carboxylic acid groups (broad SMARTS) is 1. The summed E-state index contributed by atoms with van der Waals surface area (Å²) in [5, 5.41) is 18.6. The molecule has 3 aromatic rings. The molecule has 4 rings (SSSR count). The molecule has 7 heteroatoms. The Labute approximate surface area is 222 Å². The highest BCUT2D eigenvalue weighted by atomic mass is 32.2. The number of fused-ring (bicyclic) bond motifs is 1. The predicted molar refractivity (Wildman–Crippen MR) is 155 cm³/mol. The van der Waals surface area contributed by atoms with Crippen LogP contribution in [0.3, 0.4) is 0 Å². The van der Waals surface area contributed by atoms with Gasteiger partial charge in [-0.1, -0.05) is 31.2 Å². The van der Waals surface area contributed by atoms with Crippen molar-refractivity contribution < 1.29 is 14.7 Å². The number of thioether (sulfide) groups is 1. The minimum absolute atomic E-state index is 0.314. The number of carbonyl (C=O) groups excluding carboxylic acids is 1. The van der Waals surface area contributed by atoms with E-state index in [1.165, 1.54) is 34.6 Å². The van der Waals surface area contributed by atoms with Crippen LogP contribution in [-0.4, -0.2) is 43.0 Å². The molecule has 192 valence electrons. The van der Waals surface area contributed by atoms with Gasteiger partial charge < -0.3 is 15.7 Å². The molecule has 2 aromatic carbocycles. The number of carbonyl (C=O) groups is 2. The highest BCUT2D eigenvalue weighted by Crippen LogP contribution is 2.39. The molecule has 0 fully saturated rings. The van der Waals surface area contributed by atoms with Gasteiger partial charge in [0.25, 0.3) is 0 Å². The highest BCUT2D eigenvalue weighted by Gasteiger charge is 2.27. The Balaban J connectivity index is 0.000000207. The molecule has 0 radical (unpaired) electrons. The van der Waals surface area contributed by atoms with Gasteiger partial charge in [-0.3, -0.25) is 4.79 Å². The monoisotopic (exact) mass is 524 g/mol. The molecule has 36 heavy (non-hydrogen) atoms. The van der Waals surface area contributed by atoms with Crippen LogP contribution in [0, 0.1) is 5.92 Å². The topological polar surface area (TPSA) is 78.4 Å². The summed E-state index contributed by atoms with van der Waals surface area (Å²) in [4.78, 5) is 22.0. The van der Waals surface area contributed by atoms with Gasteiger partial charge in [-0.2, -0.15) is 11.8 Å². The summed E-state index contributed by atoms with van der Waals surface area (Å²) in [7, 11) is 1.78. The zero-order chi connectivity index (χ0) is 25.9. The summed E-state index contributed by atoms with van der Waals surface area (Å²) in [5.41, 5.74) is 6.02. The number of thiophene rings is 1. The number of hydrogen-bond donors (Lipinski definition) is 3. The second kappa shape index (κ2) is 14.1. The van der Waals surface area contributed by atoms with E-state index in [4.69, 9.17) is 0 Å². The van der Waals surface area contributed by atoms with Gasteiger partial charge in [-0.25, -0.2) is 4.79 Å². The summed E-state index contributed by atoms with van der Waals surface area (Å²) in [5.74, 6) is 1.38. The van der Waals surface area contributed by atoms with Crippen LogP contribution in [0.2, 0.25) is 0 Å². The quantitative estimate of drug-likeness (QED) is 0.246. The summed E-state index contributed by atoms with van der Waals surface area (Å²) < 4.78 is 0. The maximum Gasteiger partial charge on any atom is 0.338 e. The van der Waals surface area contributed by atoms with Crippen molar-refractivity contribution in [1.82, 2.24) is 0 Å². The molecule has 1 heterocycles. The third kappa shape index (κ3) is 7.61. The molecular formula is C29H36N2O3S2. The number of hydrogen-bond acceptors (Lipinski definition) is 6. The zero-order valence-corrected chi connectivity index (χ0v) is 22.9. The van der Waals surface area contributed by atoms with Crippen LogP contribution < -0.4 is 10.6 Å². The average molecular weight is 525 g/mol. The van der Waals surface area contributed by atoms with E-state index in [1.54, 1.807) is 7.05 Å². The lowest BCUT2D eigenvalue weighted by Gasteiger charge is -2.24. The molecule has 0 spiro atoms. The number of nitrogens with one attached hydrogen (secondary N) is 2. The van der Waals surface area contributed by atoms with Crippen LogP contribution in [0.4, 0.5) is 10.7 Å². The van der Waals surface area contributed by atoms with Crippen molar-refractivity contribution in [3.63, 3.8) is 0 Å². The summed E-state index contributed by atoms with van der Waals surface area (Å²) in [6.07, 6.45) is 7.24. The van der Waals surface area contributed by atoms with E-state index in [-0.39, 0.29) is 0 Å². The van der Waals surface area contributed by atoms with E-state index in [9.17, 15) is 14.7 Å². The van der Waals surface area contributed by atoms with Gasteiger partial charge in [-0.15, -0.1) is 11.3 Å². The normalized spacial score (nSPS) is 15.1. The number of anilines is 2. The number of aryl methyl sites for hydroxylation is 1. The van der Waals surface area contributed by atoms with Gasteiger partial charge in [0.05, 0.1) is 5.56 Å². The van der Waals surface area contributed by atoms with Crippen molar-refractivity contribution >= 4 is 46.0 Å². The Morgan fingerprint density at radius 2 is 1.92 bits per heavy atom. The van der Waals surface area contributed by atoms with Crippen LogP contribution in [-0.2, 0) is 12.8 Å². The number of rotatable bonds is 10. The van der Waals surface area contributed by atoms with E-state index >= 15 is 0 Å². The van der Waals surface area contributed by atoms with E-state index in [0.29, 0.717) is 17.4 Å². The fourth-order valence-electron chi connectivity index (χ4n) is 4.43. The van der Waals surface area contributed by atoms with Crippen molar-refractivity contribution in [1.29, 1.82) is 0 Å². The van der Waals surface area contributed by atoms with Crippen molar-refractivity contribution in [2.45, 2.75) is 38.5 Å².